The van der Waals surface area contributed by atoms with Gasteiger partial charge in [-0.3, -0.25) is 4.79 Å². The van der Waals surface area contributed by atoms with Crippen LogP contribution in [0.2, 0.25) is 0 Å². The maximum atomic E-state index is 12.3. The summed E-state index contributed by atoms with van der Waals surface area (Å²) in [7, 11) is 0. The molecule has 5 aromatic rings. The van der Waals surface area contributed by atoms with Gasteiger partial charge in [0.1, 0.15) is 11.5 Å². The van der Waals surface area contributed by atoms with Crippen LogP contribution in [0.25, 0.3) is 44.8 Å². The Morgan fingerprint density at radius 2 is 1.81 bits per heavy atom. The summed E-state index contributed by atoms with van der Waals surface area (Å²) in [5, 5.41) is 0.524. The van der Waals surface area contributed by atoms with E-state index in [2.05, 4.69) is 19.9 Å². The normalized spacial score (nSPS) is 11.2. The van der Waals surface area contributed by atoms with Crippen LogP contribution in [0.4, 0.5) is 0 Å². The van der Waals surface area contributed by atoms with Gasteiger partial charge < -0.3 is 9.97 Å². The number of hydrogen-bond donors (Lipinski definition) is 2. The summed E-state index contributed by atoms with van der Waals surface area (Å²) >= 11 is 0. The van der Waals surface area contributed by atoms with Gasteiger partial charge in [0.2, 0.25) is 0 Å². The third-order valence-corrected chi connectivity index (χ3v) is 4.30. The van der Waals surface area contributed by atoms with E-state index in [1.807, 2.05) is 48.5 Å². The van der Waals surface area contributed by atoms with Gasteiger partial charge in [-0.25, -0.2) is 15.0 Å². The third-order valence-electron chi connectivity index (χ3n) is 4.30. The van der Waals surface area contributed by atoms with Crippen LogP contribution in [0.15, 0.2) is 71.8 Å². The van der Waals surface area contributed by atoms with Crippen molar-refractivity contribution in [3.05, 3.63) is 77.2 Å². The highest BCUT2D eigenvalue weighted by Crippen LogP contribution is 2.31. The number of nitrogens with zero attached hydrogens (tertiary/aromatic N) is 3. The molecule has 4 heterocycles. The molecule has 1 aromatic carbocycles. The van der Waals surface area contributed by atoms with E-state index in [1.165, 1.54) is 6.07 Å². The third kappa shape index (κ3) is 2.28. The zero-order valence-electron chi connectivity index (χ0n) is 13.6. The Bertz CT molecular complexity index is 1270. The molecule has 26 heavy (non-hydrogen) atoms. The van der Waals surface area contributed by atoms with Crippen molar-refractivity contribution in [3.63, 3.8) is 0 Å². The van der Waals surface area contributed by atoms with Gasteiger partial charge in [-0.05, 0) is 18.2 Å². The molecule has 0 saturated carbocycles. The van der Waals surface area contributed by atoms with Crippen molar-refractivity contribution in [2.45, 2.75) is 0 Å². The fraction of sp³-hybridized carbons (Fsp3) is 0. The highest BCUT2D eigenvalue weighted by molar-refractivity contribution is 5.90. The first-order valence-electron chi connectivity index (χ1n) is 8.18. The maximum absolute atomic E-state index is 12.3. The second-order valence-corrected chi connectivity index (χ2v) is 5.95. The van der Waals surface area contributed by atoms with Crippen molar-refractivity contribution in [2.24, 2.45) is 0 Å². The zero-order chi connectivity index (χ0) is 17.5. The molecule has 0 bridgehead atoms. The number of nitrogens with one attached hydrogen (secondary N) is 2. The number of fused-ring (bicyclic) bond motifs is 2. The SMILES string of the molecule is O=c1cc[nH]c2nc(-c3ccccc3)c(-c3nc4ncccc4[nH]3)cc12. The van der Waals surface area contributed by atoms with Crippen molar-refractivity contribution in [2.75, 3.05) is 0 Å². The Labute approximate surface area is 147 Å². The van der Waals surface area contributed by atoms with Crippen molar-refractivity contribution < 1.29 is 0 Å². The summed E-state index contributed by atoms with van der Waals surface area (Å²) in [6.07, 6.45) is 3.31. The first-order valence-corrected chi connectivity index (χ1v) is 8.18. The van der Waals surface area contributed by atoms with Crippen LogP contribution >= 0.6 is 0 Å². The summed E-state index contributed by atoms with van der Waals surface area (Å²) in [5.41, 5.74) is 4.39. The molecule has 0 fully saturated rings. The van der Waals surface area contributed by atoms with Crippen LogP contribution in [0.5, 0.6) is 0 Å². The molecule has 4 aromatic heterocycles. The van der Waals surface area contributed by atoms with E-state index in [-0.39, 0.29) is 5.43 Å². The van der Waals surface area contributed by atoms with Gasteiger partial charge >= 0.3 is 0 Å². The maximum Gasteiger partial charge on any atom is 0.191 e. The van der Waals surface area contributed by atoms with Crippen molar-refractivity contribution >= 4 is 22.2 Å². The number of aromatic amines is 2. The lowest BCUT2D eigenvalue weighted by molar-refractivity contribution is 1.25. The average Bonchev–Trinajstić information content (AvgIpc) is 3.12. The van der Waals surface area contributed by atoms with E-state index in [9.17, 15) is 4.79 Å². The first-order chi connectivity index (χ1) is 12.8. The van der Waals surface area contributed by atoms with Gasteiger partial charge in [-0.15, -0.1) is 0 Å². The van der Waals surface area contributed by atoms with E-state index >= 15 is 0 Å². The Morgan fingerprint density at radius 3 is 2.65 bits per heavy atom. The fourth-order valence-corrected chi connectivity index (χ4v) is 3.07. The summed E-state index contributed by atoms with van der Waals surface area (Å²) in [4.78, 5) is 32.2. The molecule has 5 rings (SSSR count). The van der Waals surface area contributed by atoms with E-state index in [0.717, 1.165) is 22.3 Å². The molecule has 0 amide bonds. The lowest BCUT2D eigenvalue weighted by atomic mass is 10.0. The molecule has 0 spiro atoms. The van der Waals surface area contributed by atoms with Crippen LogP contribution in [-0.2, 0) is 0 Å². The molecule has 6 heteroatoms. The Morgan fingerprint density at radius 1 is 0.923 bits per heavy atom. The molecule has 2 N–H and O–H groups in total. The van der Waals surface area contributed by atoms with Gasteiger partial charge in [0.25, 0.3) is 0 Å². The number of imidazole rings is 1. The molecule has 0 radical (unpaired) electrons. The lowest BCUT2D eigenvalue weighted by Crippen LogP contribution is -2.03. The number of benzene rings is 1. The largest absolute Gasteiger partial charge is 0.346 e. The van der Waals surface area contributed by atoms with Gasteiger partial charge in [-0.2, -0.15) is 0 Å². The lowest BCUT2D eigenvalue weighted by Gasteiger charge is -2.09. The second kappa shape index (κ2) is 5.63. The molecule has 6 nitrogen and oxygen atoms in total. The average molecular weight is 339 g/mol. The summed E-state index contributed by atoms with van der Waals surface area (Å²) < 4.78 is 0. The van der Waals surface area contributed by atoms with Gasteiger partial charge in [0.05, 0.1) is 16.6 Å². The monoisotopic (exact) mass is 339 g/mol. The Kier molecular flexibility index (Phi) is 3.15. The van der Waals surface area contributed by atoms with Crippen LogP contribution in [0, 0.1) is 0 Å². The number of H-pyrrole nitrogens is 2. The first kappa shape index (κ1) is 14.5. The summed E-state index contributed by atoms with van der Waals surface area (Å²) in [6.45, 7) is 0. The molecular formula is C20H13N5O. The van der Waals surface area contributed by atoms with Crippen LogP contribution < -0.4 is 5.43 Å². The fourth-order valence-electron chi connectivity index (χ4n) is 3.07. The molecule has 0 aliphatic rings. The smallest absolute Gasteiger partial charge is 0.191 e. The topological polar surface area (TPSA) is 87.3 Å². The molecule has 124 valence electrons. The Balaban J connectivity index is 1.87. The van der Waals surface area contributed by atoms with E-state index < -0.39 is 0 Å². The van der Waals surface area contributed by atoms with E-state index in [0.29, 0.717) is 22.5 Å². The standard InChI is InChI=1S/C20H13N5O/c26-16-8-10-22-18-13(16)11-14(17(24-18)12-5-2-1-3-6-12)19-23-15-7-4-9-21-20(15)25-19/h1-11H,(H,21,23,25)(H,22,24,26). The summed E-state index contributed by atoms with van der Waals surface area (Å²) in [6, 6.07) is 16.9. The van der Waals surface area contributed by atoms with Crippen LogP contribution in [0.1, 0.15) is 0 Å². The van der Waals surface area contributed by atoms with Crippen molar-refractivity contribution in [1.29, 1.82) is 0 Å². The van der Waals surface area contributed by atoms with Gasteiger partial charge in [0, 0.05) is 29.6 Å². The molecule has 0 saturated heterocycles. The highest BCUT2D eigenvalue weighted by Gasteiger charge is 2.16. The van der Waals surface area contributed by atoms with E-state index in [4.69, 9.17) is 4.98 Å². The van der Waals surface area contributed by atoms with Gasteiger partial charge in [-0.1, -0.05) is 30.3 Å². The van der Waals surface area contributed by atoms with Crippen molar-refractivity contribution in [3.8, 4) is 22.6 Å². The van der Waals surface area contributed by atoms with E-state index in [1.54, 1.807) is 12.4 Å². The molecular weight excluding hydrogens is 326 g/mol. The quantitative estimate of drug-likeness (QED) is 0.515. The number of hydrogen-bond acceptors (Lipinski definition) is 4. The number of pyridine rings is 3. The highest BCUT2D eigenvalue weighted by atomic mass is 16.1. The minimum absolute atomic E-state index is 0.0821. The Hall–Kier alpha value is -3.80. The minimum Gasteiger partial charge on any atom is -0.346 e. The molecule has 0 atom stereocenters. The predicted octanol–water partition coefficient (Wildman–Crippen LogP) is 3.53. The molecule has 0 aliphatic carbocycles. The second-order valence-electron chi connectivity index (χ2n) is 5.95. The number of aromatic nitrogens is 5. The summed E-state index contributed by atoms with van der Waals surface area (Å²) in [5.74, 6) is 0.634. The molecule has 0 aliphatic heterocycles. The van der Waals surface area contributed by atoms with Gasteiger partial charge in [0.15, 0.2) is 11.1 Å². The van der Waals surface area contributed by atoms with Crippen LogP contribution in [-0.4, -0.2) is 24.9 Å². The van der Waals surface area contributed by atoms with Crippen LogP contribution in [0.3, 0.4) is 0 Å². The van der Waals surface area contributed by atoms with Crippen molar-refractivity contribution in [1.82, 2.24) is 24.9 Å². The zero-order valence-corrected chi connectivity index (χ0v) is 13.6. The molecule has 0 unspecified atom stereocenters. The minimum atomic E-state index is -0.0821. The number of rotatable bonds is 2. The predicted molar refractivity (Wildman–Crippen MR) is 101 cm³/mol.